The molecule has 0 saturated carbocycles. The highest BCUT2D eigenvalue weighted by atomic mass is 16.5. The molecule has 1 N–H and O–H groups in total. The molecular formula is C13H19N3O5. The number of nitrogens with one attached hydrogen (secondary N) is 1. The molecule has 3 fully saturated rings. The van der Waals surface area contributed by atoms with E-state index in [4.69, 9.17) is 9.47 Å². The van der Waals surface area contributed by atoms with E-state index in [9.17, 15) is 14.4 Å². The maximum atomic E-state index is 12.7. The molecule has 116 valence electrons. The van der Waals surface area contributed by atoms with Gasteiger partial charge in [0.1, 0.15) is 12.1 Å². The molecule has 21 heavy (non-hydrogen) atoms. The fourth-order valence-electron chi connectivity index (χ4n) is 2.89. The van der Waals surface area contributed by atoms with Crippen molar-refractivity contribution in [3.05, 3.63) is 0 Å². The van der Waals surface area contributed by atoms with Gasteiger partial charge in [-0.15, -0.1) is 0 Å². The molecule has 0 aliphatic carbocycles. The third-order valence-electron chi connectivity index (χ3n) is 4.28. The Morgan fingerprint density at radius 1 is 1.38 bits per heavy atom. The molecule has 3 heterocycles. The molecule has 0 bridgehead atoms. The first kappa shape index (κ1) is 14.3. The Kier molecular flexibility index (Phi) is 3.58. The van der Waals surface area contributed by atoms with Crippen molar-refractivity contribution in [3.63, 3.8) is 0 Å². The predicted octanol–water partition coefficient (Wildman–Crippen LogP) is -2.04. The highest BCUT2D eigenvalue weighted by Crippen LogP contribution is 2.28. The molecule has 8 nitrogen and oxygen atoms in total. The topological polar surface area (TPSA) is 88.2 Å². The summed E-state index contributed by atoms with van der Waals surface area (Å²) in [7, 11) is 0. The van der Waals surface area contributed by atoms with E-state index in [1.165, 1.54) is 6.92 Å². The van der Waals surface area contributed by atoms with Crippen LogP contribution >= 0.6 is 0 Å². The van der Waals surface area contributed by atoms with Gasteiger partial charge in [0.15, 0.2) is 6.10 Å². The van der Waals surface area contributed by atoms with Crippen molar-refractivity contribution in [2.45, 2.75) is 18.6 Å². The molecule has 1 spiro atoms. The number of piperazine rings is 1. The van der Waals surface area contributed by atoms with Gasteiger partial charge in [-0.05, 0) is 0 Å². The van der Waals surface area contributed by atoms with Gasteiger partial charge in [-0.2, -0.15) is 0 Å². The summed E-state index contributed by atoms with van der Waals surface area (Å²) in [6.07, 6.45) is -0.703. The molecule has 3 saturated heterocycles. The van der Waals surface area contributed by atoms with Gasteiger partial charge in [-0.25, -0.2) is 0 Å². The summed E-state index contributed by atoms with van der Waals surface area (Å²) in [5.74, 6) is -0.492. The molecule has 0 radical (unpaired) electrons. The second-order valence-corrected chi connectivity index (χ2v) is 5.74. The number of nitrogens with zero attached hydrogens (tertiary/aromatic N) is 2. The van der Waals surface area contributed by atoms with Crippen LogP contribution in [0.4, 0.5) is 0 Å². The lowest BCUT2D eigenvalue weighted by Crippen LogP contribution is -2.74. The van der Waals surface area contributed by atoms with E-state index in [-0.39, 0.29) is 30.8 Å². The van der Waals surface area contributed by atoms with Crippen LogP contribution in [0.25, 0.3) is 0 Å². The molecule has 3 rings (SSSR count). The first-order chi connectivity index (χ1) is 10.0. The van der Waals surface area contributed by atoms with Crippen molar-refractivity contribution in [3.8, 4) is 0 Å². The van der Waals surface area contributed by atoms with Crippen molar-refractivity contribution in [1.82, 2.24) is 15.1 Å². The van der Waals surface area contributed by atoms with Crippen LogP contribution in [0.5, 0.6) is 0 Å². The van der Waals surface area contributed by atoms with E-state index in [2.05, 4.69) is 5.32 Å². The van der Waals surface area contributed by atoms with Gasteiger partial charge in [0.2, 0.25) is 11.8 Å². The zero-order chi connectivity index (χ0) is 15.0. The fourth-order valence-corrected chi connectivity index (χ4v) is 2.89. The van der Waals surface area contributed by atoms with Crippen LogP contribution in [-0.4, -0.2) is 85.2 Å². The monoisotopic (exact) mass is 297 g/mol. The van der Waals surface area contributed by atoms with E-state index >= 15 is 0 Å². The Morgan fingerprint density at radius 3 is 2.76 bits per heavy atom. The molecule has 0 aromatic heterocycles. The van der Waals surface area contributed by atoms with Gasteiger partial charge >= 0.3 is 0 Å². The van der Waals surface area contributed by atoms with Gasteiger partial charge in [-0.1, -0.05) is 0 Å². The predicted molar refractivity (Wildman–Crippen MR) is 70.3 cm³/mol. The maximum absolute atomic E-state index is 12.7. The Morgan fingerprint density at radius 2 is 2.14 bits per heavy atom. The average molecular weight is 297 g/mol. The molecule has 3 amide bonds. The van der Waals surface area contributed by atoms with Crippen LogP contribution in [0.3, 0.4) is 0 Å². The highest BCUT2D eigenvalue weighted by Gasteiger charge is 2.51. The second-order valence-electron chi connectivity index (χ2n) is 5.74. The Labute approximate surface area is 122 Å². The van der Waals surface area contributed by atoms with Gasteiger partial charge in [0.25, 0.3) is 5.91 Å². The highest BCUT2D eigenvalue weighted by molar-refractivity contribution is 5.89. The summed E-state index contributed by atoms with van der Waals surface area (Å²) in [4.78, 5) is 38.9. The fraction of sp³-hybridized carbons (Fsp3) is 0.769. The van der Waals surface area contributed by atoms with E-state index in [0.717, 1.165) is 0 Å². The summed E-state index contributed by atoms with van der Waals surface area (Å²) in [6.45, 7) is 3.80. The number of morpholine rings is 1. The van der Waals surface area contributed by atoms with Crippen LogP contribution in [0, 0.1) is 0 Å². The van der Waals surface area contributed by atoms with E-state index in [1.54, 1.807) is 9.80 Å². The SMILES string of the molecule is CC(=O)N1CCOC(C(=O)N2CC(=O)NCC23COC3)C1. The van der Waals surface area contributed by atoms with Crippen LogP contribution in [-0.2, 0) is 23.9 Å². The summed E-state index contributed by atoms with van der Waals surface area (Å²) < 4.78 is 10.7. The van der Waals surface area contributed by atoms with E-state index < -0.39 is 11.6 Å². The van der Waals surface area contributed by atoms with Crippen molar-refractivity contribution in [2.24, 2.45) is 0 Å². The van der Waals surface area contributed by atoms with Gasteiger partial charge in [0, 0.05) is 20.0 Å². The van der Waals surface area contributed by atoms with Crippen LogP contribution in [0.1, 0.15) is 6.92 Å². The van der Waals surface area contributed by atoms with Crippen LogP contribution in [0.15, 0.2) is 0 Å². The minimum absolute atomic E-state index is 0.0160. The smallest absolute Gasteiger partial charge is 0.254 e. The van der Waals surface area contributed by atoms with Crippen molar-refractivity contribution >= 4 is 17.7 Å². The maximum Gasteiger partial charge on any atom is 0.254 e. The molecule has 0 aromatic rings. The molecular weight excluding hydrogens is 278 g/mol. The first-order valence-electron chi connectivity index (χ1n) is 7.05. The standard InChI is InChI=1S/C13H19N3O5/c1-9(17)15-2-3-21-10(4-15)12(19)16-5-11(18)14-6-13(16)7-20-8-13/h10H,2-8H2,1H3,(H,14,18). The minimum Gasteiger partial charge on any atom is -0.376 e. The molecule has 0 aromatic carbocycles. The van der Waals surface area contributed by atoms with Crippen molar-refractivity contribution in [2.75, 3.05) is 46.0 Å². The van der Waals surface area contributed by atoms with Crippen LogP contribution < -0.4 is 5.32 Å². The Bertz CT molecular complexity index is 476. The summed E-state index contributed by atoms with van der Waals surface area (Å²) in [6, 6.07) is 0. The number of carbonyl (C=O) groups excluding carboxylic acids is 3. The zero-order valence-corrected chi connectivity index (χ0v) is 12.0. The van der Waals surface area contributed by atoms with Gasteiger partial charge in [0.05, 0.1) is 26.4 Å². The number of carbonyl (C=O) groups is 3. The summed E-state index contributed by atoms with van der Waals surface area (Å²) >= 11 is 0. The molecule has 3 aliphatic rings. The van der Waals surface area contributed by atoms with Crippen molar-refractivity contribution in [1.29, 1.82) is 0 Å². The number of ether oxygens (including phenoxy) is 2. The third-order valence-corrected chi connectivity index (χ3v) is 4.28. The molecule has 1 unspecified atom stereocenters. The lowest BCUT2D eigenvalue weighted by Gasteiger charge is -2.52. The lowest BCUT2D eigenvalue weighted by molar-refractivity contribution is -0.187. The first-order valence-corrected chi connectivity index (χ1v) is 7.05. The number of amides is 3. The molecule has 3 aliphatic heterocycles. The van der Waals surface area contributed by atoms with Gasteiger partial charge in [-0.3, -0.25) is 14.4 Å². The second kappa shape index (κ2) is 5.27. The van der Waals surface area contributed by atoms with E-state index in [1.807, 2.05) is 0 Å². The Balaban J connectivity index is 1.73. The average Bonchev–Trinajstić information content (AvgIpc) is 2.45. The molecule has 1 atom stereocenters. The Hall–Kier alpha value is -1.67. The number of hydrogen-bond donors (Lipinski definition) is 1. The summed E-state index contributed by atoms with van der Waals surface area (Å²) in [5.41, 5.74) is -0.452. The lowest BCUT2D eigenvalue weighted by atomic mass is 9.91. The van der Waals surface area contributed by atoms with E-state index in [0.29, 0.717) is 32.9 Å². The minimum atomic E-state index is -0.703. The third kappa shape index (κ3) is 2.49. The number of rotatable bonds is 1. The molecule has 8 heteroatoms. The number of hydrogen-bond acceptors (Lipinski definition) is 5. The van der Waals surface area contributed by atoms with Crippen molar-refractivity contribution < 1.29 is 23.9 Å². The summed E-state index contributed by atoms with van der Waals surface area (Å²) in [5, 5.41) is 2.77. The van der Waals surface area contributed by atoms with Crippen LogP contribution in [0.2, 0.25) is 0 Å². The zero-order valence-electron chi connectivity index (χ0n) is 12.0. The van der Waals surface area contributed by atoms with Gasteiger partial charge < -0.3 is 24.6 Å². The largest absolute Gasteiger partial charge is 0.376 e. The quantitative estimate of drug-likeness (QED) is 0.602. The normalized spacial score (nSPS) is 28.0.